The molecular formula is C23H19ClN2O2. The molecule has 0 aliphatic rings. The van der Waals surface area contributed by atoms with Crippen molar-refractivity contribution < 1.29 is 9.53 Å². The highest BCUT2D eigenvalue weighted by Gasteiger charge is 2.15. The lowest BCUT2D eigenvalue weighted by Crippen LogP contribution is -2.08. The van der Waals surface area contributed by atoms with E-state index >= 15 is 0 Å². The van der Waals surface area contributed by atoms with Crippen LogP contribution in [0.5, 0.6) is 5.75 Å². The molecule has 0 aliphatic heterocycles. The van der Waals surface area contributed by atoms with Gasteiger partial charge in [-0.05, 0) is 60.9 Å². The van der Waals surface area contributed by atoms with Crippen molar-refractivity contribution in [1.29, 1.82) is 0 Å². The molecule has 2 heterocycles. The number of carbonyl (C=O) groups is 1. The molecule has 0 aliphatic carbocycles. The molecule has 28 heavy (non-hydrogen) atoms. The molecule has 0 atom stereocenters. The van der Waals surface area contributed by atoms with Crippen molar-refractivity contribution in [3.05, 3.63) is 83.5 Å². The summed E-state index contributed by atoms with van der Waals surface area (Å²) >= 11 is 6.22. The van der Waals surface area contributed by atoms with Crippen molar-refractivity contribution in [3.63, 3.8) is 0 Å². The summed E-state index contributed by atoms with van der Waals surface area (Å²) in [6, 6.07) is 20.7. The van der Waals surface area contributed by atoms with E-state index in [2.05, 4.69) is 9.97 Å². The summed E-state index contributed by atoms with van der Waals surface area (Å²) < 4.78 is 5.38. The lowest BCUT2D eigenvalue weighted by molar-refractivity contribution is -0.134. The van der Waals surface area contributed by atoms with Crippen LogP contribution in [-0.2, 0) is 11.2 Å². The highest BCUT2D eigenvalue weighted by molar-refractivity contribution is 6.31. The molecular weight excluding hydrogens is 372 g/mol. The molecule has 0 fully saturated rings. The number of nitrogens with one attached hydrogen (secondary N) is 1. The number of hydrogen-bond donors (Lipinski definition) is 1. The summed E-state index contributed by atoms with van der Waals surface area (Å²) in [6.07, 6.45) is 3.50. The Morgan fingerprint density at radius 2 is 1.86 bits per heavy atom. The smallest absolute Gasteiger partial charge is 0.311 e. The van der Waals surface area contributed by atoms with Gasteiger partial charge in [0, 0.05) is 28.5 Å². The molecule has 4 nitrogen and oxygen atoms in total. The Balaban J connectivity index is 1.54. The number of benzene rings is 2. The molecule has 0 amide bonds. The first-order valence-corrected chi connectivity index (χ1v) is 9.56. The number of carbonyl (C=O) groups excluding carboxylic acids is 1. The minimum Gasteiger partial charge on any atom is -0.427 e. The zero-order valence-corrected chi connectivity index (χ0v) is 15.9. The summed E-state index contributed by atoms with van der Waals surface area (Å²) in [4.78, 5) is 20.1. The van der Waals surface area contributed by atoms with E-state index in [-0.39, 0.29) is 5.97 Å². The fourth-order valence-corrected chi connectivity index (χ4v) is 3.46. The molecule has 1 N–H and O–H groups in total. The largest absolute Gasteiger partial charge is 0.427 e. The van der Waals surface area contributed by atoms with Crippen molar-refractivity contribution in [2.24, 2.45) is 0 Å². The van der Waals surface area contributed by atoms with Crippen LogP contribution in [0.2, 0.25) is 5.02 Å². The van der Waals surface area contributed by atoms with Gasteiger partial charge in [-0.15, -0.1) is 0 Å². The van der Waals surface area contributed by atoms with E-state index in [0.717, 1.165) is 34.3 Å². The normalized spacial score (nSPS) is 10.9. The third-order valence-electron chi connectivity index (χ3n) is 4.57. The average Bonchev–Trinajstić information content (AvgIpc) is 3.07. The molecule has 5 heteroatoms. The maximum absolute atomic E-state index is 12.2. The SMILES string of the molecule is O=C(CCCc1c(-c2ccccn2)[nH]c2ccc(Cl)cc12)Oc1ccccc1. The van der Waals surface area contributed by atoms with Gasteiger partial charge in [0.1, 0.15) is 5.75 Å². The number of aryl methyl sites for hydroxylation is 1. The van der Waals surface area contributed by atoms with Crippen LogP contribution >= 0.6 is 11.6 Å². The minimum absolute atomic E-state index is 0.233. The zero-order valence-electron chi connectivity index (χ0n) is 15.2. The van der Waals surface area contributed by atoms with Crippen molar-refractivity contribution in [3.8, 4) is 17.1 Å². The van der Waals surface area contributed by atoms with Crippen LogP contribution in [0.4, 0.5) is 0 Å². The first kappa shape index (κ1) is 18.3. The number of para-hydroxylation sites is 1. The highest BCUT2D eigenvalue weighted by atomic mass is 35.5. The number of aromatic amines is 1. The number of halogens is 1. The molecule has 4 rings (SSSR count). The van der Waals surface area contributed by atoms with Crippen LogP contribution in [0.15, 0.2) is 72.9 Å². The lowest BCUT2D eigenvalue weighted by Gasteiger charge is -2.06. The topological polar surface area (TPSA) is 55.0 Å². The van der Waals surface area contributed by atoms with Gasteiger partial charge in [-0.3, -0.25) is 9.78 Å². The van der Waals surface area contributed by atoms with Crippen molar-refractivity contribution >= 4 is 28.5 Å². The van der Waals surface area contributed by atoms with Crippen molar-refractivity contribution in [2.75, 3.05) is 0 Å². The summed E-state index contributed by atoms with van der Waals surface area (Å²) in [5.74, 6) is 0.337. The van der Waals surface area contributed by atoms with Crippen LogP contribution < -0.4 is 4.74 Å². The number of hydrogen-bond acceptors (Lipinski definition) is 3. The van der Waals surface area contributed by atoms with Gasteiger partial charge in [-0.2, -0.15) is 0 Å². The molecule has 4 aromatic rings. The van der Waals surface area contributed by atoms with E-state index in [1.165, 1.54) is 0 Å². The fraction of sp³-hybridized carbons (Fsp3) is 0.130. The maximum atomic E-state index is 12.2. The highest BCUT2D eigenvalue weighted by Crippen LogP contribution is 2.32. The van der Waals surface area contributed by atoms with Crippen LogP contribution in [0.25, 0.3) is 22.3 Å². The Kier molecular flexibility index (Phi) is 5.40. The van der Waals surface area contributed by atoms with E-state index in [1.54, 1.807) is 18.3 Å². The fourth-order valence-electron chi connectivity index (χ4n) is 3.29. The van der Waals surface area contributed by atoms with Crippen LogP contribution in [0.1, 0.15) is 18.4 Å². The van der Waals surface area contributed by atoms with Gasteiger partial charge in [-0.1, -0.05) is 35.9 Å². The van der Waals surface area contributed by atoms with Gasteiger partial charge < -0.3 is 9.72 Å². The Hall–Kier alpha value is -3.11. The first-order valence-electron chi connectivity index (χ1n) is 9.18. The molecule has 2 aromatic heterocycles. The number of esters is 1. The monoisotopic (exact) mass is 390 g/mol. The summed E-state index contributed by atoms with van der Waals surface area (Å²) in [6.45, 7) is 0. The molecule has 0 saturated carbocycles. The van der Waals surface area contributed by atoms with Gasteiger partial charge in [0.25, 0.3) is 0 Å². The number of H-pyrrole nitrogens is 1. The minimum atomic E-state index is -0.233. The van der Waals surface area contributed by atoms with Gasteiger partial charge in [0.05, 0.1) is 11.4 Å². The maximum Gasteiger partial charge on any atom is 0.311 e. The molecule has 140 valence electrons. The molecule has 2 aromatic carbocycles. The quantitative estimate of drug-likeness (QED) is 0.334. The Morgan fingerprint density at radius 3 is 2.64 bits per heavy atom. The van der Waals surface area contributed by atoms with Gasteiger partial charge in [0.15, 0.2) is 0 Å². The lowest BCUT2D eigenvalue weighted by atomic mass is 10.0. The Morgan fingerprint density at radius 1 is 1.04 bits per heavy atom. The number of aromatic nitrogens is 2. The third kappa shape index (κ3) is 4.07. The third-order valence-corrected chi connectivity index (χ3v) is 4.81. The van der Waals surface area contributed by atoms with E-state index < -0.39 is 0 Å². The standard InChI is InChI=1S/C23H19ClN2O2/c24-16-12-13-20-19(15-16)18(23(26-20)21-10-4-5-14-25-21)9-6-11-22(27)28-17-7-2-1-3-8-17/h1-5,7-8,10,12-15,26H,6,9,11H2. The van der Waals surface area contributed by atoms with E-state index in [0.29, 0.717) is 23.6 Å². The van der Waals surface area contributed by atoms with Crippen LogP contribution in [-0.4, -0.2) is 15.9 Å². The van der Waals surface area contributed by atoms with E-state index in [4.69, 9.17) is 16.3 Å². The Labute approximate surface area is 168 Å². The second kappa shape index (κ2) is 8.28. The molecule has 0 unspecified atom stereocenters. The van der Waals surface area contributed by atoms with E-state index in [1.807, 2.05) is 54.6 Å². The molecule has 0 bridgehead atoms. The number of rotatable bonds is 6. The molecule has 0 radical (unpaired) electrons. The average molecular weight is 391 g/mol. The van der Waals surface area contributed by atoms with Crippen molar-refractivity contribution in [2.45, 2.75) is 19.3 Å². The van der Waals surface area contributed by atoms with E-state index in [9.17, 15) is 4.79 Å². The van der Waals surface area contributed by atoms with Crippen molar-refractivity contribution in [1.82, 2.24) is 9.97 Å². The van der Waals surface area contributed by atoms with Crippen LogP contribution in [0.3, 0.4) is 0 Å². The number of nitrogens with zero attached hydrogens (tertiary/aromatic N) is 1. The van der Waals surface area contributed by atoms with Gasteiger partial charge >= 0.3 is 5.97 Å². The molecule has 0 spiro atoms. The van der Waals surface area contributed by atoms with Gasteiger partial charge in [0.2, 0.25) is 0 Å². The molecule has 0 saturated heterocycles. The summed E-state index contributed by atoms with van der Waals surface area (Å²) in [7, 11) is 0. The Bertz CT molecular complexity index is 1090. The van der Waals surface area contributed by atoms with Gasteiger partial charge in [-0.25, -0.2) is 0 Å². The zero-order chi connectivity index (χ0) is 19.3. The predicted molar refractivity (Wildman–Crippen MR) is 112 cm³/mol. The number of ether oxygens (including phenoxy) is 1. The number of pyridine rings is 1. The number of fused-ring (bicyclic) bond motifs is 1. The predicted octanol–water partition coefficient (Wildman–Crippen LogP) is 5.81. The summed E-state index contributed by atoms with van der Waals surface area (Å²) in [5.41, 5.74) is 3.96. The first-order chi connectivity index (χ1) is 13.7. The summed E-state index contributed by atoms with van der Waals surface area (Å²) in [5, 5.41) is 1.74. The van der Waals surface area contributed by atoms with Crippen LogP contribution in [0, 0.1) is 0 Å². The second-order valence-corrected chi connectivity index (χ2v) is 6.96. The second-order valence-electron chi connectivity index (χ2n) is 6.52.